The molecule has 0 saturated carbocycles. The average molecular weight is 1680 g/mol. The van der Waals surface area contributed by atoms with Crippen LogP contribution in [0.3, 0.4) is 0 Å². The van der Waals surface area contributed by atoms with E-state index in [1.54, 1.807) is 0 Å². The number of benzene rings is 6. The maximum absolute atomic E-state index is 6.48. The van der Waals surface area contributed by atoms with Crippen molar-refractivity contribution in [3.63, 3.8) is 0 Å². The molecule has 0 fully saturated rings. The van der Waals surface area contributed by atoms with Gasteiger partial charge in [0.2, 0.25) is 0 Å². The van der Waals surface area contributed by atoms with Crippen LogP contribution < -0.4 is 28.4 Å². The zero-order valence-corrected chi connectivity index (χ0v) is 54.3. The molecule has 398 valence electrons. The Bertz CT molecular complexity index is 2010. The van der Waals surface area contributed by atoms with Crippen molar-refractivity contribution in [2.45, 2.75) is 26.6 Å². The number of halogens is 6. The molecule has 0 bridgehead atoms. The lowest BCUT2D eigenvalue weighted by Crippen LogP contribution is -2.45. The van der Waals surface area contributed by atoms with Crippen LogP contribution in [-0.2, 0) is 45.5 Å². The maximum atomic E-state index is 6.48. The summed E-state index contributed by atoms with van der Waals surface area (Å²) in [5.74, 6) is 4.67. The summed E-state index contributed by atoms with van der Waals surface area (Å²) in [7, 11) is 0. The standard InChI is InChI=1S/C58H64I6O10/c59-31-45-1-13-51(14-2-45)69-39-57(40-70-52-15-3-46(32-60)4-16-52,41-71-53-17-5-47(33-61)6-18-53)37-67-29-27-65-25-26-66-28-30-68-38-58(42-72-54-19-7-48(34-62)8-20-54,43-73-55-21-9-49(35-63)10-22-55)44-74-56-23-11-50(36-64)12-24-56/h1-24H,25-44H2. The van der Waals surface area contributed by atoms with Gasteiger partial charge in [-0.3, -0.25) is 0 Å². The first-order valence-corrected chi connectivity index (χ1v) is 33.4. The van der Waals surface area contributed by atoms with Gasteiger partial charge in [0, 0.05) is 26.6 Å². The third-order valence-corrected chi connectivity index (χ3v) is 17.0. The Morgan fingerprint density at radius 2 is 0.378 bits per heavy atom. The molecule has 0 aromatic heterocycles. The second-order valence-electron chi connectivity index (χ2n) is 17.7. The quantitative estimate of drug-likeness (QED) is 0.0213. The van der Waals surface area contributed by atoms with Crippen LogP contribution in [0.25, 0.3) is 0 Å². The summed E-state index contributed by atoms with van der Waals surface area (Å²) in [6.45, 7) is 4.81. The minimum absolute atomic E-state index is 0.311. The van der Waals surface area contributed by atoms with E-state index in [2.05, 4.69) is 208 Å². The van der Waals surface area contributed by atoms with Gasteiger partial charge in [0.05, 0.1) is 63.7 Å². The Labute approximate surface area is 519 Å². The Morgan fingerprint density at radius 3 is 0.541 bits per heavy atom. The van der Waals surface area contributed by atoms with Crippen molar-refractivity contribution in [1.82, 2.24) is 0 Å². The normalized spacial score (nSPS) is 11.6. The van der Waals surface area contributed by atoms with Crippen molar-refractivity contribution in [1.29, 1.82) is 0 Å². The van der Waals surface area contributed by atoms with Crippen molar-refractivity contribution in [2.24, 2.45) is 10.8 Å². The molecule has 0 unspecified atom stereocenters. The van der Waals surface area contributed by atoms with E-state index in [9.17, 15) is 0 Å². The molecule has 0 radical (unpaired) electrons. The zero-order valence-electron chi connectivity index (χ0n) is 41.3. The number of hydrogen-bond acceptors (Lipinski definition) is 10. The van der Waals surface area contributed by atoms with Crippen LogP contribution in [0, 0.1) is 10.8 Å². The summed E-state index contributed by atoms with van der Waals surface area (Å²) in [6, 6.07) is 49.3. The van der Waals surface area contributed by atoms with E-state index >= 15 is 0 Å². The fraction of sp³-hybridized carbons (Fsp3) is 0.379. The van der Waals surface area contributed by atoms with Crippen molar-refractivity contribution in [3.05, 3.63) is 179 Å². The lowest BCUT2D eigenvalue weighted by atomic mass is 9.92. The van der Waals surface area contributed by atoms with Crippen LogP contribution in [0.1, 0.15) is 33.4 Å². The molecule has 0 N–H and O–H groups in total. The van der Waals surface area contributed by atoms with E-state index in [0.717, 1.165) is 61.1 Å². The number of hydrogen-bond donors (Lipinski definition) is 0. The molecule has 0 amide bonds. The molecule has 74 heavy (non-hydrogen) atoms. The van der Waals surface area contributed by atoms with E-state index in [1.807, 2.05) is 72.8 Å². The van der Waals surface area contributed by atoms with Crippen LogP contribution in [-0.4, -0.2) is 92.5 Å². The predicted octanol–water partition coefficient (Wildman–Crippen LogP) is 15.1. The lowest BCUT2D eigenvalue weighted by Gasteiger charge is -2.33. The number of alkyl halides is 6. The van der Waals surface area contributed by atoms with Crippen molar-refractivity contribution in [2.75, 3.05) is 92.5 Å². The largest absolute Gasteiger partial charge is 0.493 e. The molecule has 0 heterocycles. The van der Waals surface area contributed by atoms with E-state index < -0.39 is 10.8 Å². The van der Waals surface area contributed by atoms with Crippen LogP contribution in [0.2, 0.25) is 0 Å². The Morgan fingerprint density at radius 1 is 0.216 bits per heavy atom. The molecule has 0 saturated heterocycles. The second-order valence-corrected chi connectivity index (χ2v) is 22.3. The summed E-state index contributed by atoms with van der Waals surface area (Å²) in [4.78, 5) is 0. The van der Waals surface area contributed by atoms with Gasteiger partial charge in [0.15, 0.2) is 0 Å². The van der Waals surface area contributed by atoms with Gasteiger partial charge in [0.25, 0.3) is 0 Å². The summed E-state index contributed by atoms with van der Waals surface area (Å²) >= 11 is 14.2. The Hall–Kier alpha value is -1.66. The first kappa shape index (κ1) is 61.6. The van der Waals surface area contributed by atoms with Crippen molar-refractivity contribution in [3.8, 4) is 34.5 Å². The van der Waals surface area contributed by atoms with Crippen LogP contribution in [0.5, 0.6) is 34.5 Å². The smallest absolute Gasteiger partial charge is 0.119 e. The summed E-state index contributed by atoms with van der Waals surface area (Å²) in [5, 5.41) is 0. The second kappa shape index (κ2) is 35.1. The highest BCUT2D eigenvalue weighted by Gasteiger charge is 2.36. The Kier molecular flexibility index (Phi) is 29.2. The molecule has 6 aromatic rings. The average Bonchev–Trinajstić information content (AvgIpc) is 3.46. The minimum atomic E-state index is -0.670. The summed E-state index contributed by atoms with van der Waals surface area (Å²) in [6.07, 6.45) is 0. The van der Waals surface area contributed by atoms with Gasteiger partial charge in [-0.15, -0.1) is 0 Å². The van der Waals surface area contributed by atoms with Crippen molar-refractivity contribution < 1.29 is 47.4 Å². The van der Waals surface area contributed by atoms with Gasteiger partial charge in [0.1, 0.15) is 74.1 Å². The number of rotatable bonds is 37. The Balaban J connectivity index is 1.02. The van der Waals surface area contributed by atoms with Crippen LogP contribution >= 0.6 is 136 Å². The first-order valence-electron chi connectivity index (χ1n) is 24.2. The van der Waals surface area contributed by atoms with E-state index in [-0.39, 0.29) is 0 Å². The van der Waals surface area contributed by atoms with Crippen LogP contribution in [0.15, 0.2) is 146 Å². The third-order valence-electron chi connectivity index (χ3n) is 11.7. The molecule has 10 nitrogen and oxygen atoms in total. The zero-order chi connectivity index (χ0) is 52.1. The summed E-state index contributed by atoms with van der Waals surface area (Å²) in [5.41, 5.74) is 6.09. The van der Waals surface area contributed by atoms with E-state index in [0.29, 0.717) is 92.5 Å². The van der Waals surface area contributed by atoms with Gasteiger partial charge < -0.3 is 47.4 Å². The predicted molar refractivity (Wildman–Crippen MR) is 346 cm³/mol. The SMILES string of the molecule is ICc1ccc(OCC(COCCOCCOCCOCC(COc2ccc(CI)cc2)(COc2ccc(CI)cc2)COc2ccc(CI)cc2)(COc2ccc(CI)cc2)COc2ccc(CI)cc2)cc1. The fourth-order valence-corrected chi connectivity index (χ4v) is 10.2. The van der Waals surface area contributed by atoms with E-state index in [1.165, 1.54) is 33.4 Å². The molecule has 0 atom stereocenters. The highest BCUT2D eigenvalue weighted by atomic mass is 127. The lowest BCUT2D eigenvalue weighted by molar-refractivity contribution is -0.0627. The third kappa shape index (κ3) is 22.2. The first-order chi connectivity index (χ1) is 36.3. The number of ether oxygens (including phenoxy) is 10. The minimum Gasteiger partial charge on any atom is -0.493 e. The van der Waals surface area contributed by atoms with Gasteiger partial charge in [-0.25, -0.2) is 0 Å². The maximum Gasteiger partial charge on any atom is 0.119 e. The van der Waals surface area contributed by atoms with Gasteiger partial charge >= 0.3 is 0 Å². The molecule has 0 aliphatic heterocycles. The highest BCUT2D eigenvalue weighted by molar-refractivity contribution is 14.1. The molecular weight excluding hydrogens is 1620 g/mol. The topological polar surface area (TPSA) is 92.3 Å². The van der Waals surface area contributed by atoms with Gasteiger partial charge in [-0.1, -0.05) is 208 Å². The highest BCUT2D eigenvalue weighted by Crippen LogP contribution is 2.29. The molecule has 16 heteroatoms. The van der Waals surface area contributed by atoms with Crippen molar-refractivity contribution >= 4 is 136 Å². The summed E-state index contributed by atoms with van der Waals surface area (Å²) < 4.78 is 69.2. The van der Waals surface area contributed by atoms with Gasteiger partial charge in [-0.05, 0) is 106 Å². The van der Waals surface area contributed by atoms with Crippen LogP contribution in [0.4, 0.5) is 0 Å². The molecule has 0 spiro atoms. The molecule has 0 aliphatic carbocycles. The fourth-order valence-electron chi connectivity index (χ4n) is 7.10. The molecular formula is C58H64I6O10. The monoisotopic (exact) mass is 1680 g/mol. The molecule has 6 aromatic carbocycles. The molecule has 0 aliphatic rings. The molecule has 6 rings (SSSR count). The van der Waals surface area contributed by atoms with Gasteiger partial charge in [-0.2, -0.15) is 0 Å². The van der Waals surface area contributed by atoms with E-state index in [4.69, 9.17) is 47.4 Å².